The summed E-state index contributed by atoms with van der Waals surface area (Å²) in [6.45, 7) is 4.06. The SMILES string of the molecule is Cc1cnc(C(C)Cc2ccccc2)o1. The molecule has 2 nitrogen and oxygen atoms in total. The number of nitrogens with zero attached hydrogens (tertiary/aromatic N) is 1. The van der Waals surface area contributed by atoms with E-state index in [2.05, 4.69) is 36.2 Å². The Morgan fingerprint density at radius 1 is 1.27 bits per heavy atom. The summed E-state index contributed by atoms with van der Waals surface area (Å²) in [4.78, 5) is 4.25. The van der Waals surface area contributed by atoms with Gasteiger partial charge in [0.2, 0.25) is 0 Å². The second kappa shape index (κ2) is 4.30. The summed E-state index contributed by atoms with van der Waals surface area (Å²) < 4.78 is 5.51. The average molecular weight is 201 g/mol. The van der Waals surface area contributed by atoms with Gasteiger partial charge in [0.05, 0.1) is 6.20 Å². The second-order valence-electron chi connectivity index (χ2n) is 3.90. The van der Waals surface area contributed by atoms with Crippen LogP contribution in [0.5, 0.6) is 0 Å². The van der Waals surface area contributed by atoms with Gasteiger partial charge in [-0.15, -0.1) is 0 Å². The number of hydrogen-bond donors (Lipinski definition) is 0. The van der Waals surface area contributed by atoms with E-state index in [1.165, 1.54) is 5.56 Å². The van der Waals surface area contributed by atoms with Crippen LogP contribution in [0.2, 0.25) is 0 Å². The maximum atomic E-state index is 5.51. The van der Waals surface area contributed by atoms with Crippen molar-refractivity contribution >= 4 is 0 Å². The van der Waals surface area contributed by atoms with Crippen molar-refractivity contribution in [2.45, 2.75) is 26.2 Å². The van der Waals surface area contributed by atoms with Crippen LogP contribution in [0.15, 0.2) is 40.9 Å². The van der Waals surface area contributed by atoms with Gasteiger partial charge in [0.15, 0.2) is 5.89 Å². The molecule has 2 heteroatoms. The molecule has 0 radical (unpaired) electrons. The topological polar surface area (TPSA) is 26.0 Å². The van der Waals surface area contributed by atoms with Gasteiger partial charge in [-0.2, -0.15) is 0 Å². The minimum atomic E-state index is 0.334. The Hall–Kier alpha value is -1.57. The summed E-state index contributed by atoms with van der Waals surface area (Å²) in [6.07, 6.45) is 2.75. The lowest BCUT2D eigenvalue weighted by molar-refractivity contribution is 0.438. The van der Waals surface area contributed by atoms with E-state index < -0.39 is 0 Å². The molecule has 0 aliphatic carbocycles. The van der Waals surface area contributed by atoms with Crippen molar-refractivity contribution in [2.75, 3.05) is 0 Å². The number of benzene rings is 1. The maximum Gasteiger partial charge on any atom is 0.197 e. The monoisotopic (exact) mass is 201 g/mol. The standard InChI is InChI=1S/C13H15NO/c1-10(13-14-9-11(2)15-13)8-12-6-4-3-5-7-12/h3-7,9-10H,8H2,1-2H3. The van der Waals surface area contributed by atoms with Gasteiger partial charge >= 0.3 is 0 Å². The minimum absolute atomic E-state index is 0.334. The molecule has 0 aliphatic rings. The molecular weight excluding hydrogens is 186 g/mol. The van der Waals surface area contributed by atoms with Crippen molar-refractivity contribution in [3.63, 3.8) is 0 Å². The van der Waals surface area contributed by atoms with Gasteiger partial charge in [0.25, 0.3) is 0 Å². The van der Waals surface area contributed by atoms with E-state index in [-0.39, 0.29) is 0 Å². The Morgan fingerprint density at radius 2 is 2.00 bits per heavy atom. The van der Waals surface area contributed by atoms with Crippen molar-refractivity contribution in [3.05, 3.63) is 53.7 Å². The largest absolute Gasteiger partial charge is 0.446 e. The van der Waals surface area contributed by atoms with E-state index in [1.807, 2.05) is 13.0 Å². The lowest BCUT2D eigenvalue weighted by atomic mass is 10.0. The van der Waals surface area contributed by atoms with Gasteiger partial charge in [-0.1, -0.05) is 37.3 Å². The van der Waals surface area contributed by atoms with Gasteiger partial charge < -0.3 is 4.42 Å². The van der Waals surface area contributed by atoms with E-state index in [1.54, 1.807) is 6.20 Å². The molecule has 0 saturated heterocycles. The van der Waals surface area contributed by atoms with Crippen LogP contribution in [0.4, 0.5) is 0 Å². The molecule has 0 saturated carbocycles. The predicted molar refractivity (Wildman–Crippen MR) is 59.8 cm³/mol. The Labute approximate surface area is 90.0 Å². The molecule has 0 N–H and O–H groups in total. The van der Waals surface area contributed by atoms with E-state index in [0.29, 0.717) is 5.92 Å². The molecule has 2 aromatic rings. The van der Waals surface area contributed by atoms with Gasteiger partial charge in [-0.05, 0) is 18.9 Å². The first kappa shape index (κ1) is 9.97. The third kappa shape index (κ3) is 2.46. The quantitative estimate of drug-likeness (QED) is 0.761. The van der Waals surface area contributed by atoms with Crippen molar-refractivity contribution < 1.29 is 4.42 Å². The number of hydrogen-bond acceptors (Lipinski definition) is 2. The highest BCUT2D eigenvalue weighted by Crippen LogP contribution is 2.19. The van der Waals surface area contributed by atoms with Crippen LogP contribution in [-0.4, -0.2) is 4.98 Å². The smallest absolute Gasteiger partial charge is 0.197 e. The third-order valence-corrected chi connectivity index (χ3v) is 2.45. The molecule has 1 aromatic heterocycles. The molecule has 1 unspecified atom stereocenters. The highest BCUT2D eigenvalue weighted by molar-refractivity contribution is 5.17. The Morgan fingerprint density at radius 3 is 2.60 bits per heavy atom. The molecule has 0 spiro atoms. The minimum Gasteiger partial charge on any atom is -0.446 e. The predicted octanol–water partition coefficient (Wildman–Crippen LogP) is 3.33. The molecule has 0 bridgehead atoms. The van der Waals surface area contributed by atoms with Crippen molar-refractivity contribution in [1.29, 1.82) is 0 Å². The molecule has 1 heterocycles. The fourth-order valence-electron chi connectivity index (χ4n) is 1.65. The van der Waals surface area contributed by atoms with Gasteiger partial charge in [-0.25, -0.2) is 4.98 Å². The molecule has 1 atom stereocenters. The Balaban J connectivity index is 2.07. The number of oxazole rings is 1. The fourth-order valence-corrected chi connectivity index (χ4v) is 1.65. The molecule has 15 heavy (non-hydrogen) atoms. The number of aryl methyl sites for hydroxylation is 1. The van der Waals surface area contributed by atoms with Gasteiger partial charge in [-0.3, -0.25) is 0 Å². The van der Waals surface area contributed by atoms with Gasteiger partial charge in [0.1, 0.15) is 5.76 Å². The highest BCUT2D eigenvalue weighted by Gasteiger charge is 2.11. The summed E-state index contributed by atoms with van der Waals surface area (Å²) in [5, 5.41) is 0. The zero-order chi connectivity index (χ0) is 10.7. The molecule has 0 fully saturated rings. The first-order chi connectivity index (χ1) is 7.25. The highest BCUT2D eigenvalue weighted by atomic mass is 16.4. The van der Waals surface area contributed by atoms with Crippen LogP contribution < -0.4 is 0 Å². The second-order valence-corrected chi connectivity index (χ2v) is 3.90. The van der Waals surface area contributed by atoms with E-state index in [9.17, 15) is 0 Å². The van der Waals surface area contributed by atoms with Crippen LogP contribution in [0, 0.1) is 6.92 Å². The van der Waals surface area contributed by atoms with Crippen LogP contribution >= 0.6 is 0 Å². The normalized spacial score (nSPS) is 12.7. The van der Waals surface area contributed by atoms with Crippen molar-refractivity contribution in [1.82, 2.24) is 4.98 Å². The first-order valence-corrected chi connectivity index (χ1v) is 5.22. The molecule has 78 valence electrons. The van der Waals surface area contributed by atoms with E-state index in [0.717, 1.165) is 18.1 Å². The molecule has 1 aromatic carbocycles. The fraction of sp³-hybridized carbons (Fsp3) is 0.308. The summed E-state index contributed by atoms with van der Waals surface area (Å²) in [5.74, 6) is 2.04. The zero-order valence-corrected chi connectivity index (χ0v) is 9.10. The molecule has 2 rings (SSSR count). The average Bonchev–Trinajstić information content (AvgIpc) is 2.66. The Kier molecular flexibility index (Phi) is 2.86. The summed E-state index contributed by atoms with van der Waals surface area (Å²) in [5.41, 5.74) is 1.32. The number of aromatic nitrogens is 1. The van der Waals surface area contributed by atoms with E-state index in [4.69, 9.17) is 4.42 Å². The van der Waals surface area contributed by atoms with Crippen LogP contribution in [0.1, 0.15) is 30.1 Å². The van der Waals surface area contributed by atoms with Crippen LogP contribution in [0.25, 0.3) is 0 Å². The third-order valence-electron chi connectivity index (χ3n) is 2.45. The zero-order valence-electron chi connectivity index (χ0n) is 9.10. The van der Waals surface area contributed by atoms with Crippen molar-refractivity contribution in [2.24, 2.45) is 0 Å². The number of rotatable bonds is 3. The van der Waals surface area contributed by atoms with E-state index >= 15 is 0 Å². The maximum absolute atomic E-state index is 5.51. The summed E-state index contributed by atoms with van der Waals surface area (Å²) in [6, 6.07) is 10.4. The lowest BCUT2D eigenvalue weighted by Crippen LogP contribution is -1.98. The Bertz CT molecular complexity index is 419. The van der Waals surface area contributed by atoms with Crippen molar-refractivity contribution in [3.8, 4) is 0 Å². The van der Waals surface area contributed by atoms with Crippen LogP contribution in [-0.2, 0) is 6.42 Å². The summed E-state index contributed by atoms with van der Waals surface area (Å²) in [7, 11) is 0. The van der Waals surface area contributed by atoms with Gasteiger partial charge in [0, 0.05) is 5.92 Å². The lowest BCUT2D eigenvalue weighted by Gasteiger charge is -2.06. The molecule has 0 amide bonds. The first-order valence-electron chi connectivity index (χ1n) is 5.22. The summed E-state index contributed by atoms with van der Waals surface area (Å²) >= 11 is 0. The molecule has 0 aliphatic heterocycles. The van der Waals surface area contributed by atoms with Crippen LogP contribution in [0.3, 0.4) is 0 Å². The molecular formula is C13H15NO.